The summed E-state index contributed by atoms with van der Waals surface area (Å²) >= 11 is 1.56. The van der Waals surface area contributed by atoms with Crippen molar-refractivity contribution in [1.29, 1.82) is 0 Å². The average Bonchev–Trinajstić information content (AvgIpc) is 3.07. The highest BCUT2D eigenvalue weighted by atomic mass is 32.1. The van der Waals surface area contributed by atoms with Gasteiger partial charge >= 0.3 is 0 Å². The van der Waals surface area contributed by atoms with Gasteiger partial charge in [0, 0.05) is 13.1 Å². The fourth-order valence-electron chi connectivity index (χ4n) is 2.90. The van der Waals surface area contributed by atoms with Crippen molar-refractivity contribution in [2.75, 3.05) is 13.1 Å². The molecule has 0 saturated carbocycles. The van der Waals surface area contributed by atoms with E-state index in [2.05, 4.69) is 29.3 Å². The van der Waals surface area contributed by atoms with Gasteiger partial charge in [0.1, 0.15) is 6.54 Å². The molecule has 1 amide bonds. The Kier molecular flexibility index (Phi) is 4.01. The molecule has 6 nitrogen and oxygen atoms in total. The van der Waals surface area contributed by atoms with E-state index >= 15 is 0 Å². The van der Waals surface area contributed by atoms with E-state index in [0.717, 1.165) is 18.0 Å². The van der Waals surface area contributed by atoms with Crippen LogP contribution in [0.4, 0.5) is 0 Å². The Morgan fingerprint density at radius 1 is 1.38 bits per heavy atom. The third-order valence-electron chi connectivity index (χ3n) is 3.69. The number of likely N-dealkylation sites (tertiary alicyclic amines) is 1. The van der Waals surface area contributed by atoms with Crippen LogP contribution in [-0.4, -0.2) is 44.1 Å². The molecule has 1 aliphatic heterocycles. The van der Waals surface area contributed by atoms with Crippen molar-refractivity contribution in [3.05, 3.63) is 17.5 Å². The second-order valence-corrected chi connectivity index (χ2v) is 6.81. The Morgan fingerprint density at radius 3 is 2.81 bits per heavy atom. The smallest absolute Gasteiger partial charge is 0.246 e. The van der Waals surface area contributed by atoms with Crippen molar-refractivity contribution in [3.8, 4) is 10.7 Å². The lowest BCUT2D eigenvalue weighted by atomic mass is 9.92. The summed E-state index contributed by atoms with van der Waals surface area (Å²) in [5.41, 5.74) is 0. The van der Waals surface area contributed by atoms with Crippen LogP contribution in [0.5, 0.6) is 0 Å². The molecule has 0 bridgehead atoms. The van der Waals surface area contributed by atoms with Crippen molar-refractivity contribution in [3.63, 3.8) is 0 Å². The summed E-state index contributed by atoms with van der Waals surface area (Å²) in [7, 11) is 0. The molecular weight excluding hydrogens is 286 g/mol. The summed E-state index contributed by atoms with van der Waals surface area (Å²) in [6.07, 6.45) is 1.19. The number of piperidine rings is 1. The number of amides is 1. The van der Waals surface area contributed by atoms with Crippen LogP contribution >= 0.6 is 11.3 Å². The Balaban J connectivity index is 1.65. The number of tetrazole rings is 1. The van der Waals surface area contributed by atoms with Crippen molar-refractivity contribution in [2.24, 2.45) is 11.8 Å². The van der Waals surface area contributed by atoms with E-state index in [1.807, 2.05) is 22.4 Å². The molecule has 1 aliphatic rings. The molecule has 112 valence electrons. The topological polar surface area (TPSA) is 63.9 Å². The Labute approximate surface area is 127 Å². The molecule has 1 fully saturated rings. The van der Waals surface area contributed by atoms with Gasteiger partial charge in [-0.3, -0.25) is 4.79 Å². The van der Waals surface area contributed by atoms with Crippen LogP contribution in [0.25, 0.3) is 10.7 Å². The van der Waals surface area contributed by atoms with Crippen LogP contribution in [0.15, 0.2) is 17.5 Å². The molecule has 7 heteroatoms. The van der Waals surface area contributed by atoms with Gasteiger partial charge in [-0.05, 0) is 34.9 Å². The van der Waals surface area contributed by atoms with Gasteiger partial charge in [-0.1, -0.05) is 19.9 Å². The van der Waals surface area contributed by atoms with Gasteiger partial charge < -0.3 is 4.90 Å². The second-order valence-electron chi connectivity index (χ2n) is 5.87. The van der Waals surface area contributed by atoms with Crippen LogP contribution in [0.1, 0.15) is 20.3 Å². The maximum atomic E-state index is 12.4. The molecule has 0 N–H and O–H groups in total. The minimum atomic E-state index is 0.0727. The fraction of sp³-hybridized carbons (Fsp3) is 0.571. The minimum absolute atomic E-state index is 0.0727. The fourth-order valence-corrected chi connectivity index (χ4v) is 3.55. The lowest BCUT2D eigenvalue weighted by Gasteiger charge is -2.34. The number of rotatable bonds is 3. The molecule has 3 rings (SSSR count). The number of carbonyl (C=O) groups excluding carboxylic acids is 1. The summed E-state index contributed by atoms with van der Waals surface area (Å²) in [4.78, 5) is 16.6. The monoisotopic (exact) mass is 305 g/mol. The quantitative estimate of drug-likeness (QED) is 0.869. The molecule has 2 atom stereocenters. The third kappa shape index (κ3) is 3.29. The molecule has 0 aromatic carbocycles. The minimum Gasteiger partial charge on any atom is -0.340 e. The summed E-state index contributed by atoms with van der Waals surface area (Å²) in [6, 6.07) is 3.89. The number of hydrogen-bond donors (Lipinski definition) is 0. The lowest BCUT2D eigenvalue weighted by molar-refractivity contribution is -0.135. The van der Waals surface area contributed by atoms with E-state index in [9.17, 15) is 4.79 Å². The van der Waals surface area contributed by atoms with E-state index in [1.165, 1.54) is 11.2 Å². The van der Waals surface area contributed by atoms with Gasteiger partial charge in [0.25, 0.3) is 0 Å². The average molecular weight is 305 g/mol. The molecule has 2 unspecified atom stereocenters. The first-order valence-electron chi connectivity index (χ1n) is 7.21. The predicted octanol–water partition coefficient (Wildman–Crippen LogP) is 1.91. The summed E-state index contributed by atoms with van der Waals surface area (Å²) in [6.45, 7) is 6.21. The molecule has 0 aliphatic carbocycles. The van der Waals surface area contributed by atoms with Gasteiger partial charge in [-0.15, -0.1) is 21.5 Å². The first-order chi connectivity index (χ1) is 10.1. The van der Waals surface area contributed by atoms with Crippen LogP contribution in [0, 0.1) is 11.8 Å². The summed E-state index contributed by atoms with van der Waals surface area (Å²) < 4.78 is 0. The first kappa shape index (κ1) is 14.2. The molecule has 1 saturated heterocycles. The molecular formula is C14H19N5OS. The molecule has 0 spiro atoms. The van der Waals surface area contributed by atoms with E-state index in [4.69, 9.17) is 0 Å². The largest absolute Gasteiger partial charge is 0.340 e. The van der Waals surface area contributed by atoms with E-state index in [1.54, 1.807) is 11.3 Å². The zero-order valence-electron chi connectivity index (χ0n) is 12.3. The van der Waals surface area contributed by atoms with E-state index < -0.39 is 0 Å². The van der Waals surface area contributed by atoms with E-state index in [0.29, 0.717) is 17.7 Å². The van der Waals surface area contributed by atoms with Gasteiger partial charge in [0.2, 0.25) is 11.7 Å². The highest BCUT2D eigenvalue weighted by Gasteiger charge is 2.25. The molecule has 2 aromatic heterocycles. The molecule has 21 heavy (non-hydrogen) atoms. The molecule has 3 heterocycles. The van der Waals surface area contributed by atoms with Crippen LogP contribution in [0.3, 0.4) is 0 Å². The SMILES string of the molecule is CC1CC(C)CN(C(=O)Cn2nnc(-c3cccs3)n2)C1. The van der Waals surface area contributed by atoms with Crippen LogP contribution in [-0.2, 0) is 11.3 Å². The number of thiophene rings is 1. The number of nitrogens with zero attached hydrogens (tertiary/aromatic N) is 5. The zero-order valence-corrected chi connectivity index (χ0v) is 13.1. The first-order valence-corrected chi connectivity index (χ1v) is 8.09. The zero-order chi connectivity index (χ0) is 14.8. The van der Waals surface area contributed by atoms with Crippen molar-refractivity contribution >= 4 is 17.2 Å². The number of carbonyl (C=O) groups is 1. The van der Waals surface area contributed by atoms with Gasteiger partial charge in [0.05, 0.1) is 4.88 Å². The second kappa shape index (κ2) is 5.93. The summed E-state index contributed by atoms with van der Waals surface area (Å²) in [5.74, 6) is 1.77. The predicted molar refractivity (Wildman–Crippen MR) is 80.7 cm³/mol. The highest BCUT2D eigenvalue weighted by molar-refractivity contribution is 7.13. The lowest BCUT2D eigenvalue weighted by Crippen LogP contribution is -2.44. The van der Waals surface area contributed by atoms with Gasteiger partial charge in [-0.2, -0.15) is 4.80 Å². The van der Waals surface area contributed by atoms with Crippen molar-refractivity contribution in [2.45, 2.75) is 26.8 Å². The van der Waals surface area contributed by atoms with Crippen LogP contribution < -0.4 is 0 Å². The van der Waals surface area contributed by atoms with Gasteiger partial charge in [-0.25, -0.2) is 0 Å². The van der Waals surface area contributed by atoms with Crippen molar-refractivity contribution in [1.82, 2.24) is 25.1 Å². The maximum Gasteiger partial charge on any atom is 0.246 e. The number of aromatic nitrogens is 4. The van der Waals surface area contributed by atoms with Crippen molar-refractivity contribution < 1.29 is 4.79 Å². The standard InChI is InChI=1S/C14H19N5OS/c1-10-6-11(2)8-18(7-10)13(20)9-19-16-14(15-17-19)12-4-3-5-21-12/h3-5,10-11H,6-9H2,1-2H3. The van der Waals surface area contributed by atoms with Crippen LogP contribution in [0.2, 0.25) is 0 Å². The normalized spacial score (nSPS) is 22.5. The third-order valence-corrected chi connectivity index (χ3v) is 4.56. The molecule has 0 radical (unpaired) electrons. The Bertz CT molecular complexity index is 599. The highest BCUT2D eigenvalue weighted by Crippen LogP contribution is 2.21. The van der Waals surface area contributed by atoms with E-state index in [-0.39, 0.29) is 12.5 Å². The maximum absolute atomic E-state index is 12.4. The van der Waals surface area contributed by atoms with Gasteiger partial charge in [0.15, 0.2) is 0 Å². The number of hydrogen-bond acceptors (Lipinski definition) is 5. The summed E-state index contributed by atoms with van der Waals surface area (Å²) in [5, 5.41) is 14.2. The Morgan fingerprint density at radius 2 is 2.14 bits per heavy atom. The Hall–Kier alpha value is -1.76. The molecule has 2 aromatic rings.